The molecule has 13 heavy (non-hydrogen) atoms. The monoisotopic (exact) mass is 196 g/mol. The van der Waals surface area contributed by atoms with Crippen molar-refractivity contribution in [3.63, 3.8) is 0 Å². The minimum atomic E-state index is 0.512. The molecule has 0 aromatic carbocycles. The molecule has 0 aliphatic rings. The number of imidazole rings is 1. The van der Waals surface area contributed by atoms with Crippen LogP contribution in [0.1, 0.15) is 5.69 Å². The Bertz CT molecular complexity index is 424. The number of rotatable bonds is 2. The summed E-state index contributed by atoms with van der Waals surface area (Å²) in [5, 5.41) is 0.657. The Hall–Kier alpha value is -1.06. The van der Waals surface area contributed by atoms with Crippen LogP contribution in [0.4, 0.5) is 0 Å². The molecule has 0 aliphatic heterocycles. The maximum absolute atomic E-state index is 5.95. The van der Waals surface area contributed by atoms with Crippen LogP contribution in [0.2, 0.25) is 5.02 Å². The Balaban J connectivity index is 2.55. The van der Waals surface area contributed by atoms with Crippen molar-refractivity contribution in [2.75, 3.05) is 7.11 Å². The van der Waals surface area contributed by atoms with E-state index in [-0.39, 0.29) is 0 Å². The zero-order valence-electron chi connectivity index (χ0n) is 7.20. The molecule has 2 aromatic rings. The smallest absolute Gasteiger partial charge is 0.155 e. The highest BCUT2D eigenvalue weighted by Crippen LogP contribution is 2.16. The zero-order valence-corrected chi connectivity index (χ0v) is 7.95. The van der Waals surface area contributed by atoms with Crippen LogP contribution in [0.25, 0.3) is 5.65 Å². The average molecular weight is 197 g/mol. The number of pyridine rings is 1. The van der Waals surface area contributed by atoms with E-state index in [9.17, 15) is 0 Å². The van der Waals surface area contributed by atoms with E-state index in [1.165, 1.54) is 0 Å². The van der Waals surface area contributed by atoms with Gasteiger partial charge in [0.25, 0.3) is 0 Å². The van der Waals surface area contributed by atoms with Crippen molar-refractivity contribution >= 4 is 17.2 Å². The lowest BCUT2D eigenvalue weighted by molar-refractivity contribution is 0.182. The molecule has 4 heteroatoms. The fraction of sp³-hybridized carbons (Fsp3) is 0.222. The molecular weight excluding hydrogens is 188 g/mol. The Kier molecular flexibility index (Phi) is 2.20. The first-order valence-corrected chi connectivity index (χ1v) is 4.30. The van der Waals surface area contributed by atoms with Crippen LogP contribution < -0.4 is 0 Å². The molecule has 0 radical (unpaired) electrons. The van der Waals surface area contributed by atoms with Crippen LogP contribution in [0, 0.1) is 0 Å². The highest BCUT2D eigenvalue weighted by atomic mass is 35.5. The van der Waals surface area contributed by atoms with Crippen molar-refractivity contribution in [3.8, 4) is 0 Å². The van der Waals surface area contributed by atoms with Crippen molar-refractivity contribution < 1.29 is 4.74 Å². The lowest BCUT2D eigenvalue weighted by Gasteiger charge is -1.92. The van der Waals surface area contributed by atoms with E-state index in [1.807, 2.05) is 28.9 Å². The van der Waals surface area contributed by atoms with E-state index < -0.39 is 0 Å². The van der Waals surface area contributed by atoms with Crippen LogP contribution in [-0.4, -0.2) is 16.5 Å². The van der Waals surface area contributed by atoms with E-state index >= 15 is 0 Å². The van der Waals surface area contributed by atoms with Gasteiger partial charge in [-0.05, 0) is 12.1 Å². The lowest BCUT2D eigenvalue weighted by atomic mass is 10.5. The fourth-order valence-corrected chi connectivity index (χ4v) is 1.46. The third-order valence-corrected chi connectivity index (χ3v) is 2.07. The predicted molar refractivity (Wildman–Crippen MR) is 50.9 cm³/mol. The summed E-state index contributed by atoms with van der Waals surface area (Å²) in [6.45, 7) is 0.512. The van der Waals surface area contributed by atoms with E-state index in [4.69, 9.17) is 16.3 Å². The zero-order chi connectivity index (χ0) is 9.26. The van der Waals surface area contributed by atoms with Crippen molar-refractivity contribution in [1.82, 2.24) is 9.38 Å². The topological polar surface area (TPSA) is 26.5 Å². The second-order valence-electron chi connectivity index (χ2n) is 2.75. The van der Waals surface area contributed by atoms with Gasteiger partial charge < -0.3 is 9.14 Å². The largest absolute Gasteiger partial charge is 0.378 e. The van der Waals surface area contributed by atoms with Gasteiger partial charge >= 0.3 is 0 Å². The summed E-state index contributed by atoms with van der Waals surface area (Å²) in [6.07, 6.45) is 3.82. The van der Waals surface area contributed by atoms with Crippen molar-refractivity contribution in [2.45, 2.75) is 6.61 Å². The molecular formula is C9H9ClN2O. The van der Waals surface area contributed by atoms with E-state index in [0.717, 1.165) is 11.3 Å². The number of ether oxygens (including phenoxy) is 1. The summed E-state index contributed by atoms with van der Waals surface area (Å²) in [5.41, 5.74) is 1.66. The number of hydrogen-bond acceptors (Lipinski definition) is 2. The quantitative estimate of drug-likeness (QED) is 0.736. The van der Waals surface area contributed by atoms with Crippen LogP contribution in [-0.2, 0) is 11.3 Å². The third kappa shape index (κ3) is 1.53. The van der Waals surface area contributed by atoms with Gasteiger partial charge in [-0.15, -0.1) is 0 Å². The molecule has 0 bridgehead atoms. The van der Waals surface area contributed by atoms with E-state index in [2.05, 4.69) is 4.98 Å². The Morgan fingerprint density at radius 3 is 3.15 bits per heavy atom. The maximum Gasteiger partial charge on any atom is 0.155 e. The molecule has 0 fully saturated rings. The molecule has 0 amide bonds. The number of aromatic nitrogens is 2. The van der Waals surface area contributed by atoms with E-state index in [0.29, 0.717) is 11.6 Å². The highest BCUT2D eigenvalue weighted by molar-refractivity contribution is 6.33. The van der Waals surface area contributed by atoms with E-state index in [1.54, 1.807) is 7.11 Å². The second kappa shape index (κ2) is 3.36. The SMILES string of the molecule is COCc1cn2cccc(Cl)c2n1. The van der Waals surface area contributed by atoms with Gasteiger partial charge in [0.05, 0.1) is 17.3 Å². The maximum atomic E-state index is 5.95. The van der Waals surface area contributed by atoms with Crippen LogP contribution in [0.3, 0.4) is 0 Å². The van der Waals surface area contributed by atoms with Crippen molar-refractivity contribution in [3.05, 3.63) is 35.2 Å². The lowest BCUT2D eigenvalue weighted by Crippen LogP contribution is -1.85. The van der Waals surface area contributed by atoms with Crippen LogP contribution in [0.15, 0.2) is 24.5 Å². The van der Waals surface area contributed by atoms with Crippen molar-refractivity contribution in [2.24, 2.45) is 0 Å². The number of hydrogen-bond donors (Lipinski definition) is 0. The molecule has 0 N–H and O–H groups in total. The van der Waals surface area contributed by atoms with Gasteiger partial charge in [-0.2, -0.15) is 0 Å². The third-order valence-electron chi connectivity index (χ3n) is 1.78. The summed E-state index contributed by atoms with van der Waals surface area (Å²) >= 11 is 5.95. The van der Waals surface area contributed by atoms with Gasteiger partial charge in [0.15, 0.2) is 5.65 Å². The summed E-state index contributed by atoms with van der Waals surface area (Å²) in [7, 11) is 1.64. The first-order valence-electron chi connectivity index (χ1n) is 3.92. The van der Waals surface area contributed by atoms with Crippen molar-refractivity contribution in [1.29, 1.82) is 0 Å². The number of fused-ring (bicyclic) bond motifs is 1. The molecule has 2 rings (SSSR count). The fourth-order valence-electron chi connectivity index (χ4n) is 1.25. The van der Waals surface area contributed by atoms with Gasteiger partial charge in [0.1, 0.15) is 0 Å². The number of halogens is 1. The minimum Gasteiger partial charge on any atom is -0.378 e. The molecule has 0 saturated heterocycles. The summed E-state index contributed by atoms with van der Waals surface area (Å²) in [4.78, 5) is 4.31. The molecule has 3 nitrogen and oxygen atoms in total. The first kappa shape index (κ1) is 8.53. The summed E-state index contributed by atoms with van der Waals surface area (Å²) in [6, 6.07) is 3.70. The van der Waals surface area contributed by atoms with Gasteiger partial charge in [0, 0.05) is 19.5 Å². The molecule has 0 spiro atoms. The molecule has 0 aliphatic carbocycles. The standard InChI is InChI=1S/C9H9ClN2O/c1-13-6-7-5-12-4-2-3-8(10)9(12)11-7/h2-5H,6H2,1H3. The number of nitrogens with zero attached hydrogens (tertiary/aromatic N) is 2. The average Bonchev–Trinajstić information content (AvgIpc) is 2.49. The minimum absolute atomic E-state index is 0.512. The normalized spacial score (nSPS) is 10.9. The predicted octanol–water partition coefficient (Wildman–Crippen LogP) is 2.13. The molecule has 0 unspecified atom stereocenters. The van der Waals surface area contributed by atoms with Crippen LogP contribution >= 0.6 is 11.6 Å². The summed E-state index contributed by atoms with van der Waals surface area (Å²) < 4.78 is 6.86. The Morgan fingerprint density at radius 2 is 2.46 bits per heavy atom. The molecule has 0 atom stereocenters. The van der Waals surface area contributed by atoms with Gasteiger partial charge in [-0.3, -0.25) is 0 Å². The number of methoxy groups -OCH3 is 1. The Morgan fingerprint density at radius 1 is 1.62 bits per heavy atom. The summed E-state index contributed by atoms with van der Waals surface area (Å²) in [5.74, 6) is 0. The highest BCUT2D eigenvalue weighted by Gasteiger charge is 2.03. The molecule has 68 valence electrons. The first-order chi connectivity index (χ1) is 6.31. The molecule has 0 saturated carbocycles. The second-order valence-corrected chi connectivity index (χ2v) is 3.16. The van der Waals surface area contributed by atoms with Gasteiger partial charge in [0.2, 0.25) is 0 Å². The molecule has 2 aromatic heterocycles. The van der Waals surface area contributed by atoms with Gasteiger partial charge in [-0.1, -0.05) is 11.6 Å². The Labute approximate surface area is 80.9 Å². The molecule has 2 heterocycles. The van der Waals surface area contributed by atoms with Gasteiger partial charge in [-0.25, -0.2) is 4.98 Å². The van der Waals surface area contributed by atoms with Crippen LogP contribution in [0.5, 0.6) is 0 Å².